The number of benzene rings is 1. The molecule has 3 rings (SSSR count). The minimum atomic E-state index is -0.185. The summed E-state index contributed by atoms with van der Waals surface area (Å²) in [5.74, 6) is -0.185. The topological polar surface area (TPSA) is 54.9 Å². The number of rotatable bonds is 4. The molecule has 0 spiro atoms. The van der Waals surface area contributed by atoms with E-state index >= 15 is 0 Å². The van der Waals surface area contributed by atoms with Gasteiger partial charge < -0.3 is 5.32 Å². The number of hydrogen-bond acceptors (Lipinski definition) is 3. The van der Waals surface area contributed by atoms with Crippen LogP contribution in [0.3, 0.4) is 0 Å². The molecule has 0 fully saturated rings. The van der Waals surface area contributed by atoms with Crippen LogP contribution < -0.4 is 5.32 Å². The van der Waals surface area contributed by atoms with Gasteiger partial charge in [-0.2, -0.15) is 0 Å². The zero-order chi connectivity index (χ0) is 16.1. The molecule has 1 N–H and O–H groups in total. The van der Waals surface area contributed by atoms with Gasteiger partial charge in [-0.3, -0.25) is 14.8 Å². The maximum Gasteiger partial charge on any atom is 0.253 e. The van der Waals surface area contributed by atoms with Gasteiger partial charge in [0, 0.05) is 47.5 Å². The molecule has 0 aliphatic heterocycles. The fraction of sp³-hybridized carbons (Fsp3) is 0.0556. The number of carbonyl (C=O) groups excluding carboxylic acids is 1. The van der Waals surface area contributed by atoms with Crippen LogP contribution >= 0.6 is 11.6 Å². The lowest BCUT2D eigenvalue weighted by molar-refractivity contribution is 0.0950. The number of halogens is 1. The number of hydrogen-bond donors (Lipinski definition) is 1. The lowest BCUT2D eigenvalue weighted by Crippen LogP contribution is -2.23. The summed E-state index contributed by atoms with van der Waals surface area (Å²) in [6, 6.07) is 13.0. The summed E-state index contributed by atoms with van der Waals surface area (Å²) in [5, 5.41) is 3.48. The highest BCUT2D eigenvalue weighted by atomic mass is 35.5. The Balaban J connectivity index is 1.77. The molecule has 1 amide bonds. The maximum absolute atomic E-state index is 12.3. The molecule has 0 saturated carbocycles. The first-order chi connectivity index (χ1) is 11.2. The van der Waals surface area contributed by atoms with Crippen LogP contribution in [-0.2, 0) is 6.54 Å². The van der Waals surface area contributed by atoms with Gasteiger partial charge in [0.15, 0.2) is 0 Å². The quantitative estimate of drug-likeness (QED) is 0.796. The van der Waals surface area contributed by atoms with Crippen LogP contribution in [0.5, 0.6) is 0 Å². The zero-order valence-electron chi connectivity index (χ0n) is 12.2. The van der Waals surface area contributed by atoms with E-state index in [1.165, 1.54) is 0 Å². The second-order valence-corrected chi connectivity index (χ2v) is 5.39. The van der Waals surface area contributed by atoms with Crippen LogP contribution in [0.1, 0.15) is 15.9 Å². The highest BCUT2D eigenvalue weighted by Gasteiger charge is 2.09. The van der Waals surface area contributed by atoms with Crippen molar-refractivity contribution in [3.05, 3.63) is 83.4 Å². The number of nitrogens with zero attached hydrogens (tertiary/aromatic N) is 2. The van der Waals surface area contributed by atoms with Crippen LogP contribution in [0.4, 0.5) is 0 Å². The third kappa shape index (κ3) is 3.73. The summed E-state index contributed by atoms with van der Waals surface area (Å²) in [6.45, 7) is 0.420. The molecule has 1 aromatic carbocycles. The molecule has 0 aliphatic carbocycles. The van der Waals surface area contributed by atoms with Crippen molar-refractivity contribution in [3.63, 3.8) is 0 Å². The van der Waals surface area contributed by atoms with Crippen molar-refractivity contribution in [1.82, 2.24) is 15.3 Å². The second kappa shape index (κ2) is 7.03. The van der Waals surface area contributed by atoms with Crippen molar-refractivity contribution in [1.29, 1.82) is 0 Å². The minimum Gasteiger partial charge on any atom is -0.348 e. The van der Waals surface area contributed by atoms with Gasteiger partial charge in [-0.25, -0.2) is 0 Å². The van der Waals surface area contributed by atoms with Crippen LogP contribution in [0.2, 0.25) is 5.02 Å². The Morgan fingerprint density at radius 1 is 1.04 bits per heavy atom. The normalized spacial score (nSPS) is 10.3. The van der Waals surface area contributed by atoms with Crippen molar-refractivity contribution < 1.29 is 4.79 Å². The standard InChI is InChI=1S/C18H14ClN3O/c19-17-6-2-1-5-16(17)14-8-15(12-21-11-14)18(23)22-10-13-4-3-7-20-9-13/h1-9,11-12H,10H2,(H,22,23). The lowest BCUT2D eigenvalue weighted by Gasteiger charge is -2.08. The molecular weight excluding hydrogens is 310 g/mol. The summed E-state index contributed by atoms with van der Waals surface area (Å²) < 4.78 is 0. The molecule has 23 heavy (non-hydrogen) atoms. The van der Waals surface area contributed by atoms with E-state index in [1.807, 2.05) is 36.4 Å². The van der Waals surface area contributed by atoms with Gasteiger partial charge in [0.2, 0.25) is 0 Å². The third-order valence-electron chi connectivity index (χ3n) is 3.36. The van der Waals surface area contributed by atoms with Gasteiger partial charge in [0.05, 0.1) is 5.56 Å². The monoisotopic (exact) mass is 323 g/mol. The summed E-state index contributed by atoms with van der Waals surface area (Å²) in [7, 11) is 0. The van der Waals surface area contributed by atoms with Crippen LogP contribution in [0.25, 0.3) is 11.1 Å². The Morgan fingerprint density at radius 3 is 2.70 bits per heavy atom. The molecule has 2 aromatic heterocycles. The Labute approximate surface area is 139 Å². The first kappa shape index (κ1) is 15.2. The van der Waals surface area contributed by atoms with Crippen molar-refractivity contribution in [2.75, 3.05) is 0 Å². The van der Waals surface area contributed by atoms with Gasteiger partial charge in [-0.05, 0) is 23.8 Å². The van der Waals surface area contributed by atoms with Gasteiger partial charge in [-0.1, -0.05) is 35.9 Å². The smallest absolute Gasteiger partial charge is 0.253 e. The summed E-state index contributed by atoms with van der Waals surface area (Å²) >= 11 is 6.20. The van der Waals surface area contributed by atoms with Gasteiger partial charge >= 0.3 is 0 Å². The molecule has 0 aliphatic rings. The third-order valence-corrected chi connectivity index (χ3v) is 3.69. The van der Waals surface area contributed by atoms with E-state index in [9.17, 15) is 4.79 Å². The Hall–Kier alpha value is -2.72. The van der Waals surface area contributed by atoms with E-state index < -0.39 is 0 Å². The molecule has 0 atom stereocenters. The number of pyridine rings is 2. The van der Waals surface area contributed by atoms with Crippen molar-refractivity contribution >= 4 is 17.5 Å². The predicted molar refractivity (Wildman–Crippen MR) is 90.1 cm³/mol. The predicted octanol–water partition coefficient (Wildman–Crippen LogP) is 3.73. The van der Waals surface area contributed by atoms with Crippen molar-refractivity contribution in [2.45, 2.75) is 6.54 Å². The Kier molecular flexibility index (Phi) is 4.64. The molecule has 5 heteroatoms. The Morgan fingerprint density at radius 2 is 1.91 bits per heavy atom. The summed E-state index contributed by atoms with van der Waals surface area (Å²) in [6.07, 6.45) is 6.65. The van der Waals surface area contributed by atoms with Crippen molar-refractivity contribution in [3.8, 4) is 11.1 Å². The van der Waals surface area contributed by atoms with E-state index in [2.05, 4.69) is 15.3 Å². The fourth-order valence-electron chi connectivity index (χ4n) is 2.19. The number of nitrogens with one attached hydrogen (secondary N) is 1. The van der Waals surface area contributed by atoms with E-state index in [4.69, 9.17) is 11.6 Å². The average molecular weight is 324 g/mol. The van der Waals surface area contributed by atoms with Crippen molar-refractivity contribution in [2.24, 2.45) is 0 Å². The van der Waals surface area contributed by atoms with Crippen LogP contribution in [-0.4, -0.2) is 15.9 Å². The molecule has 0 bridgehead atoms. The van der Waals surface area contributed by atoms with E-state index in [0.717, 1.165) is 16.7 Å². The maximum atomic E-state index is 12.3. The number of aromatic nitrogens is 2. The number of amides is 1. The molecule has 0 radical (unpaired) electrons. The van der Waals surface area contributed by atoms with Gasteiger partial charge in [-0.15, -0.1) is 0 Å². The van der Waals surface area contributed by atoms with Gasteiger partial charge in [0.25, 0.3) is 5.91 Å². The van der Waals surface area contributed by atoms with E-state index in [1.54, 1.807) is 30.9 Å². The molecule has 114 valence electrons. The van der Waals surface area contributed by atoms with E-state index in [0.29, 0.717) is 17.1 Å². The second-order valence-electron chi connectivity index (χ2n) is 4.99. The lowest BCUT2D eigenvalue weighted by atomic mass is 10.1. The highest BCUT2D eigenvalue weighted by molar-refractivity contribution is 6.33. The largest absolute Gasteiger partial charge is 0.348 e. The fourth-order valence-corrected chi connectivity index (χ4v) is 2.44. The van der Waals surface area contributed by atoms with Crippen LogP contribution in [0.15, 0.2) is 67.3 Å². The molecule has 0 saturated heterocycles. The Bertz CT molecular complexity index is 821. The first-order valence-electron chi connectivity index (χ1n) is 7.11. The summed E-state index contributed by atoms with van der Waals surface area (Å²) in [5.41, 5.74) is 3.09. The van der Waals surface area contributed by atoms with Crippen LogP contribution in [0, 0.1) is 0 Å². The average Bonchev–Trinajstić information content (AvgIpc) is 2.61. The molecule has 4 nitrogen and oxygen atoms in total. The number of carbonyl (C=O) groups is 1. The molecule has 3 aromatic rings. The first-order valence-corrected chi connectivity index (χ1v) is 7.49. The highest BCUT2D eigenvalue weighted by Crippen LogP contribution is 2.27. The van der Waals surface area contributed by atoms with E-state index in [-0.39, 0.29) is 5.91 Å². The molecule has 0 unspecified atom stereocenters. The summed E-state index contributed by atoms with van der Waals surface area (Å²) in [4.78, 5) is 20.4. The SMILES string of the molecule is O=C(NCc1cccnc1)c1cncc(-c2ccccc2Cl)c1. The molecule has 2 heterocycles. The zero-order valence-corrected chi connectivity index (χ0v) is 13.0. The van der Waals surface area contributed by atoms with Gasteiger partial charge in [0.1, 0.15) is 0 Å². The minimum absolute atomic E-state index is 0.185. The molecular formula is C18H14ClN3O.